The van der Waals surface area contributed by atoms with Crippen LogP contribution in [0.4, 0.5) is 0 Å². The first-order valence-corrected chi connectivity index (χ1v) is 7.06. The van der Waals surface area contributed by atoms with Gasteiger partial charge in [-0.2, -0.15) is 0 Å². The summed E-state index contributed by atoms with van der Waals surface area (Å²) in [4.78, 5) is 16.3. The highest BCUT2D eigenvalue weighted by Crippen LogP contribution is 2.33. The second-order valence-corrected chi connectivity index (χ2v) is 6.76. The Morgan fingerprint density at radius 2 is 1.85 bits per heavy atom. The summed E-state index contributed by atoms with van der Waals surface area (Å²) in [5, 5.41) is 0. The zero-order valence-corrected chi connectivity index (χ0v) is 12.9. The number of hydrogen-bond acceptors (Lipinski definition) is 3. The number of nitrogens with zero attached hydrogens (tertiary/aromatic N) is 2. The average Bonchev–Trinajstić information content (AvgIpc) is 2.26. The first kappa shape index (κ1) is 15.0. The highest BCUT2D eigenvalue weighted by Gasteiger charge is 2.53. The number of likely N-dealkylation sites (tertiary alicyclic amines) is 1. The van der Waals surface area contributed by atoms with Crippen LogP contribution in [0, 0.1) is 0 Å². The third-order valence-electron chi connectivity index (χ3n) is 4.31. The van der Waals surface area contributed by atoms with Gasteiger partial charge in [0, 0.05) is 25.2 Å². The molecule has 1 aliphatic heterocycles. The topological polar surface area (TPSA) is 49.6 Å². The van der Waals surface area contributed by atoms with E-state index in [9.17, 15) is 4.79 Å². The van der Waals surface area contributed by atoms with Crippen LogP contribution in [-0.2, 0) is 11.3 Å². The number of benzene rings is 1. The molecule has 1 aliphatic rings. The molecule has 1 aromatic rings. The molecule has 2 rings (SSSR count). The van der Waals surface area contributed by atoms with E-state index in [0.29, 0.717) is 13.1 Å². The van der Waals surface area contributed by atoms with E-state index in [-0.39, 0.29) is 11.4 Å². The molecule has 4 heteroatoms. The molecule has 0 saturated carbocycles. The van der Waals surface area contributed by atoms with Gasteiger partial charge in [0.05, 0.1) is 0 Å². The van der Waals surface area contributed by atoms with Crippen LogP contribution in [0.3, 0.4) is 0 Å². The van der Waals surface area contributed by atoms with Crippen molar-refractivity contribution in [1.29, 1.82) is 0 Å². The third-order valence-corrected chi connectivity index (χ3v) is 4.31. The molecule has 0 aromatic heterocycles. The predicted octanol–water partition coefficient (Wildman–Crippen LogP) is 1.46. The molecule has 0 unspecified atom stereocenters. The van der Waals surface area contributed by atoms with Crippen molar-refractivity contribution in [2.45, 2.75) is 38.4 Å². The van der Waals surface area contributed by atoms with E-state index in [1.165, 1.54) is 5.56 Å². The van der Waals surface area contributed by atoms with Crippen molar-refractivity contribution < 1.29 is 4.79 Å². The molecular weight excluding hydrogens is 250 g/mol. The van der Waals surface area contributed by atoms with E-state index in [1.54, 1.807) is 0 Å². The van der Waals surface area contributed by atoms with Crippen LogP contribution in [0.2, 0.25) is 0 Å². The first-order valence-electron chi connectivity index (χ1n) is 7.06. The van der Waals surface area contributed by atoms with Crippen LogP contribution in [0.15, 0.2) is 30.3 Å². The van der Waals surface area contributed by atoms with E-state index in [4.69, 9.17) is 5.73 Å². The number of amides is 1. The molecule has 1 saturated heterocycles. The summed E-state index contributed by atoms with van der Waals surface area (Å²) < 4.78 is 0. The summed E-state index contributed by atoms with van der Waals surface area (Å²) in [5.41, 5.74) is 6.42. The van der Waals surface area contributed by atoms with Crippen LogP contribution < -0.4 is 5.73 Å². The minimum atomic E-state index is -0.539. The van der Waals surface area contributed by atoms with E-state index < -0.39 is 5.54 Å². The van der Waals surface area contributed by atoms with E-state index in [0.717, 1.165) is 6.54 Å². The second-order valence-electron chi connectivity index (χ2n) is 6.76. The summed E-state index contributed by atoms with van der Waals surface area (Å²) in [5.74, 6) is -0.226. The number of nitrogens with two attached hydrogens (primary N) is 1. The molecule has 110 valence electrons. The largest absolute Gasteiger partial charge is 0.368 e. The summed E-state index contributed by atoms with van der Waals surface area (Å²) in [6, 6.07) is 10.2. The number of carbonyl (C=O) groups is 1. The van der Waals surface area contributed by atoms with Crippen molar-refractivity contribution in [1.82, 2.24) is 9.80 Å². The lowest BCUT2D eigenvalue weighted by Crippen LogP contribution is -2.77. The second kappa shape index (κ2) is 5.19. The maximum atomic E-state index is 12.0. The lowest BCUT2D eigenvalue weighted by molar-refractivity contribution is -0.149. The number of primary amides is 1. The summed E-state index contributed by atoms with van der Waals surface area (Å²) in [7, 11) is 1.98. The number of rotatable bonds is 4. The Bertz CT molecular complexity index is 472. The van der Waals surface area contributed by atoms with Crippen molar-refractivity contribution in [2.75, 3.05) is 20.1 Å². The zero-order chi connectivity index (χ0) is 15.0. The Labute approximate surface area is 121 Å². The minimum Gasteiger partial charge on any atom is -0.368 e. The van der Waals surface area contributed by atoms with Gasteiger partial charge in [-0.25, -0.2) is 0 Å². The van der Waals surface area contributed by atoms with E-state index in [2.05, 4.69) is 42.7 Å². The smallest absolute Gasteiger partial charge is 0.240 e. The molecule has 1 heterocycles. The fraction of sp³-hybridized carbons (Fsp3) is 0.562. The Morgan fingerprint density at radius 3 is 2.30 bits per heavy atom. The minimum absolute atomic E-state index is 0.0759. The molecular formula is C16H25N3O. The number of hydrogen-bond donors (Lipinski definition) is 1. The van der Waals surface area contributed by atoms with Gasteiger partial charge in [0.25, 0.3) is 0 Å². The molecule has 4 nitrogen and oxygen atoms in total. The van der Waals surface area contributed by atoms with Crippen LogP contribution in [0.1, 0.15) is 26.3 Å². The van der Waals surface area contributed by atoms with Gasteiger partial charge in [-0.05, 0) is 33.4 Å². The number of likely N-dealkylation sites (N-methyl/N-ethyl adjacent to an activating group) is 1. The number of carbonyl (C=O) groups excluding carboxylic acids is 1. The normalized spacial score (nSPS) is 18.9. The molecule has 1 aromatic carbocycles. The quantitative estimate of drug-likeness (QED) is 0.905. The molecule has 0 radical (unpaired) electrons. The standard InChI is InChI=1S/C16H25N3O/c1-15(2,3)19-11-16(12-19,14(17)20)18(4)10-13-8-6-5-7-9-13/h5-9H,10-12H2,1-4H3,(H2,17,20). The molecule has 1 fully saturated rings. The first-order chi connectivity index (χ1) is 9.25. The van der Waals surface area contributed by atoms with Crippen LogP contribution in [0.25, 0.3) is 0 Å². The summed E-state index contributed by atoms with van der Waals surface area (Å²) in [6.45, 7) is 8.63. The molecule has 0 atom stereocenters. The highest BCUT2D eigenvalue weighted by atomic mass is 16.2. The van der Waals surface area contributed by atoms with Gasteiger partial charge in [-0.15, -0.1) is 0 Å². The van der Waals surface area contributed by atoms with Gasteiger partial charge < -0.3 is 5.73 Å². The fourth-order valence-corrected chi connectivity index (χ4v) is 2.65. The van der Waals surface area contributed by atoms with Crippen LogP contribution in [0.5, 0.6) is 0 Å². The highest BCUT2D eigenvalue weighted by molar-refractivity contribution is 5.86. The fourth-order valence-electron chi connectivity index (χ4n) is 2.65. The maximum Gasteiger partial charge on any atom is 0.240 e. The Hall–Kier alpha value is -1.39. The van der Waals surface area contributed by atoms with Gasteiger partial charge in [0.2, 0.25) is 5.91 Å². The van der Waals surface area contributed by atoms with Gasteiger partial charge in [-0.1, -0.05) is 30.3 Å². The van der Waals surface area contributed by atoms with Crippen molar-refractivity contribution in [3.05, 3.63) is 35.9 Å². The summed E-state index contributed by atoms with van der Waals surface area (Å²) in [6.07, 6.45) is 0. The van der Waals surface area contributed by atoms with E-state index >= 15 is 0 Å². The zero-order valence-electron chi connectivity index (χ0n) is 12.9. The Kier molecular flexibility index (Phi) is 3.89. The van der Waals surface area contributed by atoms with Crippen molar-refractivity contribution in [3.63, 3.8) is 0 Å². The van der Waals surface area contributed by atoms with Gasteiger partial charge in [0.15, 0.2) is 0 Å². The Balaban J connectivity index is 2.09. The van der Waals surface area contributed by atoms with Crippen LogP contribution in [-0.4, -0.2) is 46.9 Å². The van der Waals surface area contributed by atoms with E-state index in [1.807, 2.05) is 25.2 Å². The summed E-state index contributed by atoms with van der Waals surface area (Å²) >= 11 is 0. The molecule has 2 N–H and O–H groups in total. The Morgan fingerprint density at radius 1 is 1.30 bits per heavy atom. The van der Waals surface area contributed by atoms with Crippen molar-refractivity contribution >= 4 is 5.91 Å². The third kappa shape index (κ3) is 2.72. The van der Waals surface area contributed by atoms with Gasteiger partial charge in [0.1, 0.15) is 5.54 Å². The maximum absolute atomic E-state index is 12.0. The van der Waals surface area contributed by atoms with Gasteiger partial charge in [-0.3, -0.25) is 14.6 Å². The molecule has 20 heavy (non-hydrogen) atoms. The molecule has 0 bridgehead atoms. The molecule has 0 aliphatic carbocycles. The van der Waals surface area contributed by atoms with Crippen molar-refractivity contribution in [3.8, 4) is 0 Å². The van der Waals surface area contributed by atoms with Gasteiger partial charge >= 0.3 is 0 Å². The lowest BCUT2D eigenvalue weighted by Gasteiger charge is -2.57. The average molecular weight is 275 g/mol. The SMILES string of the molecule is CN(Cc1ccccc1)C1(C(N)=O)CN(C(C)(C)C)C1. The lowest BCUT2D eigenvalue weighted by atomic mass is 9.83. The molecule has 1 amide bonds. The predicted molar refractivity (Wildman–Crippen MR) is 81.2 cm³/mol. The van der Waals surface area contributed by atoms with Crippen LogP contribution >= 0.6 is 0 Å². The van der Waals surface area contributed by atoms with Crippen molar-refractivity contribution in [2.24, 2.45) is 5.73 Å². The molecule has 0 spiro atoms. The monoisotopic (exact) mass is 275 g/mol.